The highest BCUT2D eigenvalue weighted by Crippen LogP contribution is 2.46. The summed E-state index contributed by atoms with van der Waals surface area (Å²) < 4.78 is 27.9. The minimum absolute atomic E-state index is 0.498. The highest BCUT2D eigenvalue weighted by Gasteiger charge is 2.47. The Hall–Kier alpha value is -1.92. The summed E-state index contributed by atoms with van der Waals surface area (Å²) in [7, 11) is -3.44. The lowest BCUT2D eigenvalue weighted by Crippen LogP contribution is -2.33. The molecule has 0 atom stereocenters. The van der Waals surface area contributed by atoms with Crippen molar-refractivity contribution in [2.24, 2.45) is 0 Å². The van der Waals surface area contributed by atoms with E-state index in [2.05, 4.69) is 16.4 Å². The Labute approximate surface area is 124 Å². The van der Waals surface area contributed by atoms with Gasteiger partial charge in [-0.15, -0.1) is 0 Å². The lowest BCUT2D eigenvalue weighted by Gasteiger charge is -2.13. The number of sulfonamides is 1. The van der Waals surface area contributed by atoms with Crippen molar-refractivity contribution in [3.8, 4) is 0 Å². The van der Waals surface area contributed by atoms with Crippen LogP contribution in [0.15, 0.2) is 54.7 Å². The Morgan fingerprint density at radius 3 is 2.67 bits per heavy atom. The third-order valence-electron chi connectivity index (χ3n) is 3.68. The molecule has 1 aliphatic rings. The maximum absolute atomic E-state index is 11.7. The van der Waals surface area contributed by atoms with Crippen molar-refractivity contribution < 1.29 is 8.42 Å². The third kappa shape index (κ3) is 3.06. The van der Waals surface area contributed by atoms with Crippen molar-refractivity contribution in [1.82, 2.24) is 14.5 Å². The minimum Gasteiger partial charge on any atom is -0.268 e. The first-order chi connectivity index (χ1) is 10.0. The first-order valence-corrected chi connectivity index (χ1v) is 8.31. The van der Waals surface area contributed by atoms with E-state index in [1.807, 2.05) is 41.2 Å². The second kappa shape index (κ2) is 5.13. The third-order valence-corrected chi connectivity index (χ3v) is 4.79. The van der Waals surface area contributed by atoms with Crippen LogP contribution in [0, 0.1) is 0 Å². The van der Waals surface area contributed by atoms with Crippen LogP contribution in [0.1, 0.15) is 24.0 Å². The van der Waals surface area contributed by atoms with E-state index in [-0.39, 0.29) is 0 Å². The molecule has 0 saturated heterocycles. The summed E-state index contributed by atoms with van der Waals surface area (Å²) >= 11 is 0. The number of rotatable bonds is 6. The Kier molecular flexibility index (Phi) is 3.43. The normalized spacial score (nSPS) is 16.6. The van der Waals surface area contributed by atoms with Gasteiger partial charge in [0.15, 0.2) is 0 Å². The molecule has 0 amide bonds. The molecule has 0 aliphatic heterocycles. The minimum atomic E-state index is -3.44. The van der Waals surface area contributed by atoms with Crippen LogP contribution in [0.5, 0.6) is 0 Å². The van der Waals surface area contributed by atoms with Crippen molar-refractivity contribution >= 4 is 10.0 Å². The van der Waals surface area contributed by atoms with Crippen LogP contribution in [0.4, 0.5) is 0 Å². The second-order valence-corrected chi connectivity index (χ2v) is 6.94. The molecule has 1 saturated carbocycles. The average molecular weight is 303 g/mol. The van der Waals surface area contributed by atoms with Gasteiger partial charge in [0, 0.05) is 17.2 Å². The number of benzene rings is 1. The quantitative estimate of drug-likeness (QED) is 0.887. The zero-order valence-electron chi connectivity index (χ0n) is 11.6. The predicted octanol–water partition coefficient (Wildman–Crippen LogP) is 1.98. The number of aromatic nitrogens is 2. The summed E-state index contributed by atoms with van der Waals surface area (Å²) in [6.45, 7) is 4.00. The first kappa shape index (κ1) is 14.0. The van der Waals surface area contributed by atoms with Crippen LogP contribution >= 0.6 is 0 Å². The summed E-state index contributed by atoms with van der Waals surface area (Å²) in [6.07, 6.45) is 5.22. The molecule has 1 fully saturated rings. The van der Waals surface area contributed by atoms with Gasteiger partial charge in [0.25, 0.3) is 0 Å². The van der Waals surface area contributed by atoms with Crippen molar-refractivity contribution in [1.29, 1.82) is 0 Å². The van der Waals surface area contributed by atoms with Crippen LogP contribution in [-0.4, -0.2) is 18.2 Å². The van der Waals surface area contributed by atoms with E-state index in [4.69, 9.17) is 0 Å². The summed E-state index contributed by atoms with van der Waals surface area (Å²) in [4.78, 5) is 0. The molecule has 3 rings (SSSR count). The molecule has 0 radical (unpaired) electrons. The summed E-state index contributed by atoms with van der Waals surface area (Å²) in [5.74, 6) is 0. The highest BCUT2D eigenvalue weighted by atomic mass is 32.2. The molecule has 0 unspecified atom stereocenters. The molecular formula is C15H17N3O2S. The van der Waals surface area contributed by atoms with Gasteiger partial charge >= 0.3 is 0 Å². The SMILES string of the molecule is C=CS(=O)(=O)NC1(c2cnn(Cc3ccccc3)c2)CC1. The van der Waals surface area contributed by atoms with E-state index in [0.29, 0.717) is 6.54 Å². The molecule has 6 heteroatoms. The molecule has 1 aromatic carbocycles. The van der Waals surface area contributed by atoms with Gasteiger partial charge in [-0.3, -0.25) is 4.68 Å². The number of hydrogen-bond donors (Lipinski definition) is 1. The van der Waals surface area contributed by atoms with Gasteiger partial charge in [-0.1, -0.05) is 36.9 Å². The largest absolute Gasteiger partial charge is 0.268 e. The van der Waals surface area contributed by atoms with Gasteiger partial charge in [0.2, 0.25) is 10.0 Å². The summed E-state index contributed by atoms with van der Waals surface area (Å²) in [6, 6.07) is 10.0. The van der Waals surface area contributed by atoms with Gasteiger partial charge < -0.3 is 0 Å². The zero-order chi connectivity index (χ0) is 14.9. The molecule has 1 aliphatic carbocycles. The van der Waals surface area contributed by atoms with E-state index in [1.165, 1.54) is 0 Å². The van der Waals surface area contributed by atoms with E-state index in [0.717, 1.165) is 29.4 Å². The lowest BCUT2D eigenvalue weighted by molar-refractivity contribution is 0.560. The van der Waals surface area contributed by atoms with E-state index >= 15 is 0 Å². The first-order valence-electron chi connectivity index (χ1n) is 6.76. The molecule has 110 valence electrons. The maximum Gasteiger partial charge on any atom is 0.233 e. The summed E-state index contributed by atoms with van der Waals surface area (Å²) in [5, 5.41) is 5.28. The van der Waals surface area contributed by atoms with Crippen molar-refractivity contribution in [3.05, 3.63) is 65.8 Å². The molecule has 5 nitrogen and oxygen atoms in total. The molecule has 0 bridgehead atoms. The fraction of sp³-hybridized carbons (Fsp3) is 0.267. The van der Waals surface area contributed by atoms with Crippen molar-refractivity contribution in [2.75, 3.05) is 0 Å². The fourth-order valence-corrected chi connectivity index (χ4v) is 3.31. The number of nitrogens with zero attached hydrogens (tertiary/aromatic N) is 2. The van der Waals surface area contributed by atoms with Gasteiger partial charge in [-0.05, 0) is 18.4 Å². The molecule has 1 heterocycles. The molecule has 0 spiro atoms. The van der Waals surface area contributed by atoms with Crippen LogP contribution in [0.2, 0.25) is 0 Å². The van der Waals surface area contributed by atoms with Gasteiger partial charge in [-0.2, -0.15) is 5.10 Å². The molecule has 1 N–H and O–H groups in total. The second-order valence-electron chi connectivity index (χ2n) is 5.31. The molecule has 1 aromatic heterocycles. The summed E-state index contributed by atoms with van der Waals surface area (Å²) in [5.41, 5.74) is 1.56. The molecule has 2 aromatic rings. The van der Waals surface area contributed by atoms with Crippen molar-refractivity contribution in [2.45, 2.75) is 24.9 Å². The standard InChI is InChI=1S/C15H17N3O2S/c1-2-21(19,20)17-15(8-9-15)14-10-16-18(12-14)11-13-6-4-3-5-7-13/h2-7,10,12,17H,1,8-9,11H2. The lowest BCUT2D eigenvalue weighted by atomic mass is 10.1. The van der Waals surface area contributed by atoms with Gasteiger partial charge in [0.05, 0.1) is 18.3 Å². The van der Waals surface area contributed by atoms with Gasteiger partial charge in [0.1, 0.15) is 0 Å². The van der Waals surface area contributed by atoms with Crippen LogP contribution in [0.25, 0.3) is 0 Å². The number of nitrogens with one attached hydrogen (secondary N) is 1. The average Bonchev–Trinajstić information content (AvgIpc) is 3.08. The Morgan fingerprint density at radius 1 is 1.33 bits per heavy atom. The topological polar surface area (TPSA) is 64.0 Å². The van der Waals surface area contributed by atoms with Crippen LogP contribution in [0.3, 0.4) is 0 Å². The van der Waals surface area contributed by atoms with Crippen LogP contribution in [-0.2, 0) is 22.1 Å². The Morgan fingerprint density at radius 2 is 2.05 bits per heavy atom. The van der Waals surface area contributed by atoms with Gasteiger partial charge in [-0.25, -0.2) is 13.1 Å². The zero-order valence-corrected chi connectivity index (χ0v) is 12.4. The van der Waals surface area contributed by atoms with E-state index in [9.17, 15) is 8.42 Å². The fourth-order valence-electron chi connectivity index (χ4n) is 2.36. The monoisotopic (exact) mass is 303 g/mol. The predicted molar refractivity (Wildman–Crippen MR) is 80.9 cm³/mol. The van der Waals surface area contributed by atoms with E-state index < -0.39 is 15.6 Å². The Balaban J connectivity index is 1.78. The highest BCUT2D eigenvalue weighted by molar-refractivity contribution is 7.92. The maximum atomic E-state index is 11.7. The smallest absolute Gasteiger partial charge is 0.233 e. The van der Waals surface area contributed by atoms with Crippen LogP contribution < -0.4 is 4.72 Å². The van der Waals surface area contributed by atoms with Crippen molar-refractivity contribution in [3.63, 3.8) is 0 Å². The van der Waals surface area contributed by atoms with E-state index in [1.54, 1.807) is 6.20 Å². The molecule has 21 heavy (non-hydrogen) atoms. The Bertz CT molecular complexity index is 746. The molecular weight excluding hydrogens is 286 g/mol. The number of hydrogen-bond acceptors (Lipinski definition) is 3.